The van der Waals surface area contributed by atoms with Crippen molar-refractivity contribution in [3.8, 4) is 0 Å². The number of hydrogen-bond acceptors (Lipinski definition) is 2. The van der Waals surface area contributed by atoms with Gasteiger partial charge in [0.25, 0.3) is 0 Å². The van der Waals surface area contributed by atoms with E-state index in [0.29, 0.717) is 12.3 Å². The highest BCUT2D eigenvalue weighted by Gasteiger charge is 2.16. The Kier molecular flexibility index (Phi) is 19.7. The van der Waals surface area contributed by atoms with Crippen LogP contribution in [0.5, 0.6) is 0 Å². The zero-order chi connectivity index (χ0) is 20.2. The second-order valence-electron chi connectivity index (χ2n) is 7.95. The van der Waals surface area contributed by atoms with Gasteiger partial charge in [-0.1, -0.05) is 111 Å². The minimum atomic E-state index is 0.302. The van der Waals surface area contributed by atoms with Gasteiger partial charge < -0.3 is 0 Å². The standard InChI is InChI=1S/C24H50N2O/c1-5-9-10-11-12-13-14-15-16-17-18-19-20-21-22-23-24(27)26(8-4)25(6-2)7-3/h5-23H2,1-4H3. The lowest BCUT2D eigenvalue weighted by atomic mass is 10.0. The summed E-state index contributed by atoms with van der Waals surface area (Å²) in [6.45, 7) is 11.2. The number of amides is 1. The van der Waals surface area contributed by atoms with Crippen LogP contribution in [-0.2, 0) is 4.79 Å². The van der Waals surface area contributed by atoms with E-state index < -0.39 is 0 Å². The van der Waals surface area contributed by atoms with Gasteiger partial charge in [-0.15, -0.1) is 0 Å². The van der Waals surface area contributed by atoms with E-state index in [0.717, 1.165) is 26.1 Å². The molecule has 0 aliphatic heterocycles. The third-order valence-corrected chi connectivity index (χ3v) is 5.65. The molecule has 0 heterocycles. The van der Waals surface area contributed by atoms with E-state index in [1.54, 1.807) is 0 Å². The Hall–Kier alpha value is -0.570. The first-order chi connectivity index (χ1) is 13.2. The van der Waals surface area contributed by atoms with Gasteiger partial charge in [0.15, 0.2) is 0 Å². The van der Waals surface area contributed by atoms with Crippen molar-refractivity contribution in [3.63, 3.8) is 0 Å². The molecular weight excluding hydrogens is 332 g/mol. The minimum Gasteiger partial charge on any atom is -0.276 e. The molecule has 0 N–H and O–H groups in total. The first-order valence-corrected chi connectivity index (χ1v) is 12.3. The maximum absolute atomic E-state index is 12.4. The molecule has 27 heavy (non-hydrogen) atoms. The van der Waals surface area contributed by atoms with E-state index in [-0.39, 0.29) is 0 Å². The first-order valence-electron chi connectivity index (χ1n) is 12.3. The number of hydrogen-bond donors (Lipinski definition) is 0. The lowest BCUT2D eigenvalue weighted by molar-refractivity contribution is -0.148. The molecule has 0 bridgehead atoms. The Balaban J connectivity index is 3.41. The molecule has 0 atom stereocenters. The molecule has 0 aliphatic carbocycles. The summed E-state index contributed by atoms with van der Waals surface area (Å²) in [5.74, 6) is 0.302. The molecule has 0 unspecified atom stereocenters. The van der Waals surface area contributed by atoms with Gasteiger partial charge in [0.2, 0.25) is 5.91 Å². The third-order valence-electron chi connectivity index (χ3n) is 5.65. The lowest BCUT2D eigenvalue weighted by Crippen LogP contribution is -2.46. The van der Waals surface area contributed by atoms with Crippen molar-refractivity contribution in [2.75, 3.05) is 19.6 Å². The fourth-order valence-electron chi connectivity index (χ4n) is 3.88. The summed E-state index contributed by atoms with van der Waals surface area (Å²) >= 11 is 0. The summed E-state index contributed by atoms with van der Waals surface area (Å²) in [6.07, 6.45) is 21.2. The number of rotatable bonds is 20. The Labute approximate surface area is 171 Å². The monoisotopic (exact) mass is 382 g/mol. The maximum Gasteiger partial charge on any atom is 0.236 e. The van der Waals surface area contributed by atoms with Crippen molar-refractivity contribution in [2.24, 2.45) is 0 Å². The molecule has 162 valence electrons. The van der Waals surface area contributed by atoms with Crippen LogP contribution in [0.4, 0.5) is 0 Å². The third kappa shape index (κ3) is 15.1. The summed E-state index contributed by atoms with van der Waals surface area (Å²) in [5.41, 5.74) is 0. The predicted molar refractivity (Wildman–Crippen MR) is 120 cm³/mol. The van der Waals surface area contributed by atoms with Gasteiger partial charge in [-0.25, -0.2) is 5.01 Å². The van der Waals surface area contributed by atoms with Crippen molar-refractivity contribution in [1.82, 2.24) is 10.0 Å². The second-order valence-corrected chi connectivity index (χ2v) is 7.95. The number of hydrazine groups is 1. The summed E-state index contributed by atoms with van der Waals surface area (Å²) < 4.78 is 0. The van der Waals surface area contributed by atoms with Crippen LogP contribution in [0.15, 0.2) is 0 Å². The van der Waals surface area contributed by atoms with Gasteiger partial charge in [0, 0.05) is 26.1 Å². The van der Waals surface area contributed by atoms with Gasteiger partial charge in [-0.3, -0.25) is 9.80 Å². The fourth-order valence-corrected chi connectivity index (χ4v) is 3.88. The highest BCUT2D eigenvalue weighted by atomic mass is 16.2. The van der Waals surface area contributed by atoms with Crippen molar-refractivity contribution < 1.29 is 4.79 Å². The van der Waals surface area contributed by atoms with Crippen LogP contribution in [0, 0.1) is 0 Å². The van der Waals surface area contributed by atoms with E-state index in [2.05, 4.69) is 32.7 Å². The number of nitrogens with zero attached hydrogens (tertiary/aromatic N) is 2. The van der Waals surface area contributed by atoms with Gasteiger partial charge in [0.05, 0.1) is 0 Å². The maximum atomic E-state index is 12.4. The number of carbonyl (C=O) groups is 1. The second kappa shape index (κ2) is 20.2. The van der Waals surface area contributed by atoms with Crippen LogP contribution in [0.3, 0.4) is 0 Å². The molecule has 0 aliphatic rings. The molecule has 0 aromatic rings. The van der Waals surface area contributed by atoms with E-state index >= 15 is 0 Å². The van der Waals surface area contributed by atoms with Crippen LogP contribution < -0.4 is 0 Å². The van der Waals surface area contributed by atoms with Gasteiger partial charge in [-0.2, -0.15) is 0 Å². The quantitative estimate of drug-likeness (QED) is 0.162. The minimum absolute atomic E-state index is 0.302. The smallest absolute Gasteiger partial charge is 0.236 e. The van der Waals surface area contributed by atoms with Crippen molar-refractivity contribution in [2.45, 2.75) is 130 Å². The highest BCUT2D eigenvalue weighted by Crippen LogP contribution is 2.14. The Bertz CT molecular complexity index is 316. The summed E-state index contributed by atoms with van der Waals surface area (Å²) in [5, 5.41) is 4.08. The average Bonchev–Trinajstić information content (AvgIpc) is 2.68. The topological polar surface area (TPSA) is 23.6 Å². The molecule has 1 amide bonds. The van der Waals surface area contributed by atoms with Gasteiger partial charge in [-0.05, 0) is 13.3 Å². The number of carbonyl (C=O) groups excluding carboxylic acids is 1. The Morgan fingerprint density at radius 1 is 0.519 bits per heavy atom. The fraction of sp³-hybridized carbons (Fsp3) is 0.958. The summed E-state index contributed by atoms with van der Waals surface area (Å²) in [6, 6.07) is 0. The van der Waals surface area contributed by atoms with E-state index in [1.165, 1.54) is 89.9 Å². The zero-order valence-corrected chi connectivity index (χ0v) is 19.2. The molecule has 0 saturated heterocycles. The summed E-state index contributed by atoms with van der Waals surface area (Å²) in [7, 11) is 0. The van der Waals surface area contributed by atoms with Crippen LogP contribution in [0.2, 0.25) is 0 Å². The average molecular weight is 383 g/mol. The van der Waals surface area contributed by atoms with E-state index in [9.17, 15) is 4.79 Å². The molecule has 0 radical (unpaired) electrons. The lowest BCUT2D eigenvalue weighted by Gasteiger charge is -2.32. The molecule has 0 fully saturated rings. The molecule has 0 aromatic heterocycles. The van der Waals surface area contributed by atoms with E-state index in [1.807, 2.05) is 5.01 Å². The molecule has 3 nitrogen and oxygen atoms in total. The predicted octanol–water partition coefficient (Wildman–Crippen LogP) is 7.35. The van der Waals surface area contributed by atoms with E-state index in [4.69, 9.17) is 0 Å². The largest absolute Gasteiger partial charge is 0.276 e. The van der Waals surface area contributed by atoms with Crippen LogP contribution in [0.25, 0.3) is 0 Å². The molecule has 0 aromatic carbocycles. The van der Waals surface area contributed by atoms with Crippen molar-refractivity contribution in [3.05, 3.63) is 0 Å². The molecular formula is C24H50N2O. The van der Waals surface area contributed by atoms with Crippen molar-refractivity contribution in [1.29, 1.82) is 0 Å². The Morgan fingerprint density at radius 2 is 0.889 bits per heavy atom. The van der Waals surface area contributed by atoms with Crippen LogP contribution in [0.1, 0.15) is 130 Å². The first kappa shape index (κ1) is 26.4. The highest BCUT2D eigenvalue weighted by molar-refractivity contribution is 5.75. The van der Waals surface area contributed by atoms with Crippen LogP contribution in [-0.4, -0.2) is 35.6 Å². The molecule has 3 heteroatoms. The SMILES string of the molecule is CCCCCCCCCCCCCCCCCC(=O)N(CC)N(CC)CC. The zero-order valence-electron chi connectivity index (χ0n) is 19.2. The molecule has 0 spiro atoms. The molecule has 0 rings (SSSR count). The normalized spacial score (nSPS) is 11.3. The molecule has 0 saturated carbocycles. The van der Waals surface area contributed by atoms with Gasteiger partial charge in [0.1, 0.15) is 0 Å². The van der Waals surface area contributed by atoms with Crippen LogP contribution >= 0.6 is 0 Å². The summed E-state index contributed by atoms with van der Waals surface area (Å²) in [4.78, 5) is 12.4. The Morgan fingerprint density at radius 3 is 1.22 bits per heavy atom. The van der Waals surface area contributed by atoms with Gasteiger partial charge >= 0.3 is 0 Å². The van der Waals surface area contributed by atoms with Crippen molar-refractivity contribution >= 4 is 5.91 Å². The number of unbranched alkanes of at least 4 members (excludes halogenated alkanes) is 14.